The van der Waals surface area contributed by atoms with Crippen LogP contribution in [-0.2, 0) is 27.9 Å². The second-order valence-electron chi connectivity index (χ2n) is 14.7. The van der Waals surface area contributed by atoms with Crippen molar-refractivity contribution in [1.29, 1.82) is 0 Å². The second-order valence-corrected chi connectivity index (χ2v) is 16.1. The Kier molecular flexibility index (Phi) is 37.4. The Morgan fingerprint density at radius 2 is 1.04 bits per heavy atom. The first-order valence-corrected chi connectivity index (χ1v) is 22.6. The minimum Gasteiger partial charge on any atom is -0.756 e. The van der Waals surface area contributed by atoms with Crippen molar-refractivity contribution in [3.63, 3.8) is 0 Å². The number of nitrogens with one attached hydrogen (secondary N) is 1. The number of phosphoric acid groups is 1. The highest BCUT2D eigenvalue weighted by atomic mass is 31.2. The average Bonchev–Trinajstić information content (AvgIpc) is 3.08. The molecule has 0 fully saturated rings. The molecule has 9 heteroatoms. The van der Waals surface area contributed by atoms with Crippen LogP contribution in [0.2, 0.25) is 0 Å². The van der Waals surface area contributed by atoms with Gasteiger partial charge in [-0.3, -0.25) is 9.36 Å². The van der Waals surface area contributed by atoms with Crippen molar-refractivity contribution in [1.82, 2.24) is 0 Å². The van der Waals surface area contributed by atoms with Crippen LogP contribution in [-0.4, -0.2) is 59.1 Å². The minimum atomic E-state index is -4.49. The quantitative estimate of drug-likeness (QED) is 0.0290. The van der Waals surface area contributed by atoms with Gasteiger partial charge in [-0.05, 0) is 38.5 Å². The van der Waals surface area contributed by atoms with Crippen LogP contribution in [0.3, 0.4) is 0 Å². The summed E-state index contributed by atoms with van der Waals surface area (Å²) in [6.45, 7) is 5.46. The molecule has 0 saturated carbocycles. The van der Waals surface area contributed by atoms with Gasteiger partial charge in [-0.1, -0.05) is 161 Å². The van der Waals surface area contributed by atoms with Gasteiger partial charge in [-0.15, -0.1) is 0 Å². The fourth-order valence-electron chi connectivity index (χ4n) is 5.89. The number of hydrogen-bond acceptors (Lipinski definition) is 7. The number of phosphoric ester groups is 1. The molecule has 0 aliphatic carbocycles. The average molecular weight is 732 g/mol. The van der Waals surface area contributed by atoms with Crippen LogP contribution in [0.25, 0.3) is 0 Å². The van der Waals surface area contributed by atoms with Gasteiger partial charge in [0.25, 0.3) is 7.82 Å². The molecule has 0 spiro atoms. The lowest BCUT2D eigenvalue weighted by atomic mass is 10.0. The molecule has 0 aromatic heterocycles. The van der Waals surface area contributed by atoms with Gasteiger partial charge in [0.15, 0.2) is 0 Å². The number of quaternary nitrogens is 1. The van der Waals surface area contributed by atoms with Gasteiger partial charge >= 0.3 is 5.97 Å². The Bertz CT molecular complexity index is 795. The summed E-state index contributed by atoms with van der Waals surface area (Å²) in [6, 6.07) is 0. The van der Waals surface area contributed by atoms with Crippen molar-refractivity contribution in [2.24, 2.45) is 0 Å². The van der Waals surface area contributed by atoms with Crippen molar-refractivity contribution in [3.05, 3.63) is 12.2 Å². The maximum absolute atomic E-state index is 12.6. The molecule has 298 valence electrons. The zero-order valence-corrected chi connectivity index (χ0v) is 34.3. The van der Waals surface area contributed by atoms with Crippen molar-refractivity contribution in [2.45, 2.75) is 200 Å². The molecule has 8 nitrogen and oxygen atoms in total. The summed E-state index contributed by atoms with van der Waals surface area (Å²) in [4.78, 5) is 25.9. The van der Waals surface area contributed by atoms with Gasteiger partial charge in [-0.2, -0.15) is 0 Å². The molecule has 0 heterocycles. The highest BCUT2D eigenvalue weighted by Gasteiger charge is 2.19. The monoisotopic (exact) mass is 732 g/mol. The van der Waals surface area contributed by atoms with E-state index in [9.17, 15) is 14.3 Å². The first-order chi connectivity index (χ1) is 24.3. The van der Waals surface area contributed by atoms with E-state index in [4.69, 9.17) is 18.5 Å². The molecule has 1 unspecified atom stereocenters. The molecule has 0 rings (SSSR count). The highest BCUT2D eigenvalue weighted by molar-refractivity contribution is 7.45. The van der Waals surface area contributed by atoms with Crippen LogP contribution in [0.1, 0.15) is 194 Å². The van der Waals surface area contributed by atoms with E-state index in [1.807, 2.05) is 14.1 Å². The van der Waals surface area contributed by atoms with Gasteiger partial charge < -0.3 is 28.3 Å². The molecule has 0 saturated heterocycles. The minimum absolute atomic E-state index is 0.0411. The fourth-order valence-corrected chi connectivity index (χ4v) is 6.63. The zero-order chi connectivity index (χ0) is 36.8. The summed E-state index contributed by atoms with van der Waals surface area (Å²) in [5.74, 6) is -0.335. The lowest BCUT2D eigenvalue weighted by molar-refractivity contribution is -0.858. The van der Waals surface area contributed by atoms with Gasteiger partial charge in [0.05, 0.1) is 27.3 Å². The molecular formula is C41H82NO7P. The molecular weight excluding hydrogens is 649 g/mol. The largest absolute Gasteiger partial charge is 0.756 e. The molecule has 0 aliphatic rings. The molecule has 0 aliphatic heterocycles. The maximum Gasteiger partial charge on any atom is 0.306 e. The van der Waals surface area contributed by atoms with Gasteiger partial charge in [0.2, 0.25) is 0 Å². The number of carbonyl (C=O) groups excluding carboxylic acids is 1. The molecule has 0 amide bonds. The summed E-state index contributed by atoms with van der Waals surface area (Å²) in [5.41, 5.74) is 0. The zero-order valence-electron chi connectivity index (χ0n) is 33.4. The van der Waals surface area contributed by atoms with E-state index in [1.54, 1.807) is 0 Å². The Hall–Kier alpha value is -0.760. The fraction of sp³-hybridized carbons (Fsp3) is 0.927. The van der Waals surface area contributed by atoms with Gasteiger partial charge in [0, 0.05) is 13.0 Å². The molecule has 0 bridgehead atoms. The second kappa shape index (κ2) is 38.0. The van der Waals surface area contributed by atoms with E-state index < -0.39 is 13.9 Å². The standard InChI is InChI=1S/C41H82NO7P/c1-5-7-9-11-13-15-17-19-21-22-24-26-28-30-32-34-41(43)49-40(39-48-50(44,45)47-37-35-42(3)4)38-46-36-33-31-29-27-25-23-20-18-16-14-12-10-8-6-2/h15,17,40H,5-14,16,18-39H2,1-4H3,(H,44,45)/b17-15-/t40-/m1/s1. The van der Waals surface area contributed by atoms with Gasteiger partial charge in [-0.25, -0.2) is 0 Å². The van der Waals surface area contributed by atoms with Crippen molar-refractivity contribution >= 4 is 13.8 Å². The number of likely N-dealkylation sites (N-methyl/N-ethyl adjacent to an activating group) is 1. The normalized spacial score (nSPS) is 13.7. The van der Waals surface area contributed by atoms with Crippen LogP contribution in [0.15, 0.2) is 12.2 Å². The third kappa shape index (κ3) is 38.5. The molecule has 0 aromatic carbocycles. The Labute approximate surface area is 309 Å². The first-order valence-electron chi connectivity index (χ1n) is 21.1. The van der Waals surface area contributed by atoms with E-state index in [0.717, 1.165) is 37.0 Å². The van der Waals surface area contributed by atoms with Crippen molar-refractivity contribution < 1.29 is 37.7 Å². The number of rotatable bonds is 40. The first kappa shape index (κ1) is 49.2. The smallest absolute Gasteiger partial charge is 0.306 e. The SMILES string of the molecule is CCCCCC/C=C\CCCCCCCCCC(=O)O[C@H](COCCCCCCCCCCCCCCCC)COP(=O)([O-])OCC[NH+](C)C. The number of esters is 1. The lowest BCUT2D eigenvalue weighted by Crippen LogP contribution is -3.06. The third-order valence-corrected chi connectivity index (χ3v) is 10.1. The summed E-state index contributed by atoms with van der Waals surface area (Å²) in [7, 11) is -0.654. The topological polar surface area (TPSA) is 98.6 Å². The Morgan fingerprint density at radius 1 is 0.600 bits per heavy atom. The van der Waals surface area contributed by atoms with Crippen LogP contribution in [0, 0.1) is 0 Å². The van der Waals surface area contributed by atoms with Crippen molar-refractivity contribution in [2.75, 3.05) is 47.1 Å². The van der Waals surface area contributed by atoms with Crippen molar-refractivity contribution in [3.8, 4) is 0 Å². The third-order valence-electron chi connectivity index (χ3n) is 9.16. The number of carbonyl (C=O) groups is 1. The molecule has 50 heavy (non-hydrogen) atoms. The summed E-state index contributed by atoms with van der Waals surface area (Å²) < 4.78 is 33.7. The van der Waals surface area contributed by atoms with E-state index in [1.165, 1.54) is 141 Å². The molecule has 1 N–H and O–H groups in total. The Balaban J connectivity index is 4.17. The predicted molar refractivity (Wildman–Crippen MR) is 208 cm³/mol. The molecule has 0 radical (unpaired) electrons. The molecule has 2 atom stereocenters. The van der Waals surface area contributed by atoms with E-state index in [-0.39, 0.29) is 25.8 Å². The number of allylic oxidation sites excluding steroid dienone is 2. The van der Waals surface area contributed by atoms with Crippen LogP contribution in [0.5, 0.6) is 0 Å². The Morgan fingerprint density at radius 3 is 1.54 bits per heavy atom. The van der Waals surface area contributed by atoms with Crippen LogP contribution >= 0.6 is 7.82 Å². The predicted octanol–water partition coefficient (Wildman–Crippen LogP) is 10.1. The summed E-state index contributed by atoms with van der Waals surface area (Å²) in [5, 5.41) is 0. The van der Waals surface area contributed by atoms with E-state index in [0.29, 0.717) is 19.6 Å². The van der Waals surface area contributed by atoms with E-state index >= 15 is 0 Å². The number of hydrogen-bond donors (Lipinski definition) is 1. The lowest BCUT2D eigenvalue weighted by Gasteiger charge is -2.25. The maximum atomic E-state index is 12.6. The highest BCUT2D eigenvalue weighted by Crippen LogP contribution is 2.38. The molecule has 0 aromatic rings. The van der Waals surface area contributed by atoms with Crippen LogP contribution in [0.4, 0.5) is 0 Å². The van der Waals surface area contributed by atoms with Crippen LogP contribution < -0.4 is 9.79 Å². The number of unbranched alkanes of at least 4 members (excludes halogenated alkanes) is 24. The van der Waals surface area contributed by atoms with E-state index in [2.05, 4.69) is 26.0 Å². The summed E-state index contributed by atoms with van der Waals surface area (Å²) in [6.07, 6.45) is 37.8. The van der Waals surface area contributed by atoms with Gasteiger partial charge in [0.1, 0.15) is 19.3 Å². The summed E-state index contributed by atoms with van der Waals surface area (Å²) >= 11 is 0. The number of ether oxygens (including phenoxy) is 2.